The molecule has 1 amide bonds. The smallest absolute Gasteiger partial charge is 0.322 e. The van der Waals surface area contributed by atoms with Crippen LogP contribution in [0.5, 0.6) is 0 Å². The van der Waals surface area contributed by atoms with E-state index in [1.54, 1.807) is 4.40 Å². The van der Waals surface area contributed by atoms with Crippen LogP contribution in [0, 0.1) is 6.92 Å². The molecule has 0 aliphatic rings. The maximum atomic E-state index is 12.2. The van der Waals surface area contributed by atoms with Gasteiger partial charge in [-0.15, -0.1) is 0 Å². The van der Waals surface area contributed by atoms with Gasteiger partial charge in [0.25, 0.3) is 5.91 Å². The Labute approximate surface area is 123 Å². The zero-order chi connectivity index (χ0) is 14.9. The fraction of sp³-hybridized carbons (Fsp3) is 0.308. The zero-order valence-corrected chi connectivity index (χ0v) is 12.7. The van der Waals surface area contributed by atoms with E-state index < -0.39 is 18.4 Å². The number of aliphatic carboxylic acids is 1. The van der Waals surface area contributed by atoms with Gasteiger partial charge in [0.1, 0.15) is 12.2 Å². The van der Waals surface area contributed by atoms with Gasteiger partial charge in [-0.05, 0) is 40.9 Å². The summed E-state index contributed by atoms with van der Waals surface area (Å²) in [7, 11) is 0. The molecule has 0 atom stereocenters. The van der Waals surface area contributed by atoms with Gasteiger partial charge in [0.2, 0.25) is 0 Å². The van der Waals surface area contributed by atoms with Crippen LogP contribution in [0.25, 0.3) is 5.65 Å². The van der Waals surface area contributed by atoms with E-state index >= 15 is 0 Å². The summed E-state index contributed by atoms with van der Waals surface area (Å²) in [6, 6.07) is 1.92. The molecule has 0 aromatic carbocycles. The summed E-state index contributed by atoms with van der Waals surface area (Å²) in [4.78, 5) is 27.2. The predicted molar refractivity (Wildman–Crippen MR) is 77.0 cm³/mol. The third-order valence-corrected chi connectivity index (χ3v) is 3.42. The van der Waals surface area contributed by atoms with E-state index in [2.05, 4.69) is 26.2 Å². The molecule has 0 bridgehead atoms. The summed E-state index contributed by atoms with van der Waals surface area (Å²) in [5.41, 5.74) is 2.64. The van der Waals surface area contributed by atoms with Crippen LogP contribution in [0.15, 0.2) is 16.7 Å². The Morgan fingerprint density at radius 1 is 1.50 bits per heavy atom. The number of aromatic nitrogens is 2. The molecule has 0 radical (unpaired) electrons. The number of aryl methyl sites for hydroxylation is 2. The van der Waals surface area contributed by atoms with E-state index in [-0.39, 0.29) is 0 Å². The number of hydrogen-bond acceptors (Lipinski definition) is 3. The molecule has 0 aliphatic heterocycles. The minimum Gasteiger partial charge on any atom is -0.480 e. The highest BCUT2D eigenvalue weighted by atomic mass is 79.9. The fourth-order valence-electron chi connectivity index (χ4n) is 2.01. The number of hydrogen-bond donors (Lipinski definition) is 2. The highest BCUT2D eigenvalue weighted by Crippen LogP contribution is 2.22. The second-order valence-electron chi connectivity index (χ2n) is 4.40. The number of nitrogens with one attached hydrogen (secondary N) is 1. The first kappa shape index (κ1) is 14.5. The number of carboxylic acids is 1. The summed E-state index contributed by atoms with van der Waals surface area (Å²) < 4.78 is 2.49. The molecule has 20 heavy (non-hydrogen) atoms. The summed E-state index contributed by atoms with van der Waals surface area (Å²) in [5.74, 6) is -1.52. The first-order valence-corrected chi connectivity index (χ1v) is 6.90. The van der Waals surface area contributed by atoms with E-state index in [0.717, 1.165) is 10.0 Å². The minimum atomic E-state index is -1.08. The van der Waals surface area contributed by atoms with Crippen LogP contribution in [-0.4, -0.2) is 32.9 Å². The average Bonchev–Trinajstić information content (AvgIpc) is 2.74. The number of fused-ring (bicyclic) bond motifs is 1. The number of carbonyl (C=O) groups is 2. The molecular weight excluding hydrogens is 326 g/mol. The van der Waals surface area contributed by atoms with Crippen LogP contribution < -0.4 is 5.32 Å². The largest absolute Gasteiger partial charge is 0.480 e. The molecule has 2 rings (SSSR count). The fourth-order valence-corrected chi connectivity index (χ4v) is 2.65. The van der Waals surface area contributed by atoms with Crippen molar-refractivity contribution in [2.45, 2.75) is 20.3 Å². The highest BCUT2D eigenvalue weighted by molar-refractivity contribution is 9.10. The Hall–Kier alpha value is -1.89. The summed E-state index contributed by atoms with van der Waals surface area (Å²) >= 11 is 3.43. The van der Waals surface area contributed by atoms with E-state index in [1.807, 2.05) is 26.1 Å². The van der Waals surface area contributed by atoms with Gasteiger partial charge >= 0.3 is 5.97 Å². The zero-order valence-electron chi connectivity index (χ0n) is 11.1. The van der Waals surface area contributed by atoms with Gasteiger partial charge < -0.3 is 10.4 Å². The molecule has 0 aliphatic carbocycles. The molecule has 0 saturated heterocycles. The number of nitrogens with zero attached hydrogens (tertiary/aromatic N) is 2. The standard InChI is InChI=1S/C13H14BrN3O3/c1-3-9-11(13(20)15-5-10(18)19)17-6-7(2)4-8(14)12(17)16-9/h4,6H,3,5H2,1-2H3,(H,15,20)(H,18,19). The number of pyridine rings is 1. The number of carboxylic acid groups (broad SMARTS) is 1. The van der Waals surface area contributed by atoms with Gasteiger partial charge in [-0.2, -0.15) is 0 Å². The number of rotatable bonds is 4. The van der Waals surface area contributed by atoms with E-state index in [0.29, 0.717) is 23.5 Å². The Balaban J connectivity index is 2.55. The van der Waals surface area contributed by atoms with E-state index in [1.165, 1.54) is 0 Å². The first-order chi connectivity index (χ1) is 9.43. The molecule has 6 nitrogen and oxygen atoms in total. The maximum Gasteiger partial charge on any atom is 0.322 e. The van der Waals surface area contributed by atoms with Crippen molar-refractivity contribution in [3.05, 3.63) is 33.7 Å². The van der Waals surface area contributed by atoms with Gasteiger partial charge in [0.15, 0.2) is 5.65 Å². The Bertz CT molecular complexity index is 694. The first-order valence-electron chi connectivity index (χ1n) is 6.11. The lowest BCUT2D eigenvalue weighted by Gasteiger charge is -2.05. The molecule has 2 aromatic rings. The number of halogens is 1. The van der Waals surface area contributed by atoms with Crippen LogP contribution >= 0.6 is 15.9 Å². The minimum absolute atomic E-state index is 0.383. The van der Waals surface area contributed by atoms with Crippen LogP contribution in [-0.2, 0) is 11.2 Å². The third-order valence-electron chi connectivity index (χ3n) is 2.83. The number of amides is 1. The molecule has 106 valence electrons. The van der Waals surface area contributed by atoms with Crippen LogP contribution in [0.3, 0.4) is 0 Å². The second kappa shape index (κ2) is 5.62. The van der Waals surface area contributed by atoms with E-state index in [4.69, 9.17) is 5.11 Å². The normalized spacial score (nSPS) is 10.8. The van der Waals surface area contributed by atoms with Crippen molar-refractivity contribution in [3.8, 4) is 0 Å². The summed E-state index contributed by atoms with van der Waals surface area (Å²) in [5, 5.41) is 11.0. The lowest BCUT2D eigenvalue weighted by atomic mass is 10.2. The monoisotopic (exact) mass is 339 g/mol. The quantitative estimate of drug-likeness (QED) is 0.889. The van der Waals surface area contributed by atoms with Crippen molar-refractivity contribution in [1.29, 1.82) is 0 Å². The summed E-state index contributed by atoms with van der Waals surface area (Å²) in [6.07, 6.45) is 2.39. The molecule has 2 aromatic heterocycles. The molecular formula is C13H14BrN3O3. The van der Waals surface area contributed by atoms with Crippen molar-refractivity contribution in [2.24, 2.45) is 0 Å². The molecule has 0 spiro atoms. The third kappa shape index (κ3) is 2.67. The second-order valence-corrected chi connectivity index (χ2v) is 5.25. The maximum absolute atomic E-state index is 12.2. The van der Waals surface area contributed by atoms with Crippen molar-refractivity contribution >= 4 is 33.5 Å². The molecule has 0 saturated carbocycles. The van der Waals surface area contributed by atoms with Gasteiger partial charge in [-0.25, -0.2) is 4.98 Å². The lowest BCUT2D eigenvalue weighted by Crippen LogP contribution is -2.30. The molecule has 7 heteroatoms. The molecule has 0 unspecified atom stereocenters. The van der Waals surface area contributed by atoms with E-state index in [9.17, 15) is 9.59 Å². The lowest BCUT2D eigenvalue weighted by molar-refractivity contribution is -0.135. The highest BCUT2D eigenvalue weighted by Gasteiger charge is 2.20. The summed E-state index contributed by atoms with van der Waals surface area (Å²) in [6.45, 7) is 3.40. The van der Waals surface area contributed by atoms with Crippen molar-refractivity contribution in [3.63, 3.8) is 0 Å². The Kier molecular flexibility index (Phi) is 4.08. The average molecular weight is 340 g/mol. The molecule has 2 N–H and O–H groups in total. The van der Waals surface area contributed by atoms with Crippen LogP contribution in [0.4, 0.5) is 0 Å². The van der Waals surface area contributed by atoms with Crippen LogP contribution in [0.1, 0.15) is 28.7 Å². The van der Waals surface area contributed by atoms with Gasteiger partial charge in [-0.3, -0.25) is 14.0 Å². The SMILES string of the molecule is CCc1nc2c(Br)cc(C)cn2c1C(=O)NCC(=O)O. The molecule has 2 heterocycles. The van der Waals surface area contributed by atoms with Gasteiger partial charge in [-0.1, -0.05) is 6.92 Å². The van der Waals surface area contributed by atoms with Crippen LogP contribution in [0.2, 0.25) is 0 Å². The number of carbonyl (C=O) groups excluding carboxylic acids is 1. The van der Waals surface area contributed by atoms with Crippen molar-refractivity contribution in [2.75, 3.05) is 6.54 Å². The number of imidazole rings is 1. The van der Waals surface area contributed by atoms with Gasteiger partial charge in [0, 0.05) is 6.20 Å². The Morgan fingerprint density at radius 2 is 2.20 bits per heavy atom. The predicted octanol–water partition coefficient (Wildman–Crippen LogP) is 1.78. The Morgan fingerprint density at radius 3 is 2.80 bits per heavy atom. The van der Waals surface area contributed by atoms with Crippen molar-refractivity contribution in [1.82, 2.24) is 14.7 Å². The topological polar surface area (TPSA) is 83.7 Å². The molecule has 0 fully saturated rings. The van der Waals surface area contributed by atoms with Crippen molar-refractivity contribution < 1.29 is 14.7 Å². The van der Waals surface area contributed by atoms with Gasteiger partial charge in [0.05, 0.1) is 10.2 Å².